The lowest BCUT2D eigenvalue weighted by atomic mass is 9.91. The van der Waals surface area contributed by atoms with Crippen molar-refractivity contribution in [2.24, 2.45) is 17.8 Å². The predicted octanol–water partition coefficient (Wildman–Crippen LogP) is 8.41. The quantitative estimate of drug-likeness (QED) is 0.180. The molecule has 6 unspecified atom stereocenters. The van der Waals surface area contributed by atoms with Crippen molar-refractivity contribution in [3.63, 3.8) is 0 Å². The van der Waals surface area contributed by atoms with E-state index in [1.807, 2.05) is 0 Å². The van der Waals surface area contributed by atoms with Crippen molar-refractivity contribution in [3.8, 4) is 0 Å². The van der Waals surface area contributed by atoms with Gasteiger partial charge in [-0.2, -0.15) is 0 Å². The molecule has 0 N–H and O–H groups in total. The van der Waals surface area contributed by atoms with E-state index in [4.69, 9.17) is 13.3 Å². The lowest BCUT2D eigenvalue weighted by molar-refractivity contribution is -0.0209. The Hall–Kier alpha value is -0.249. The minimum absolute atomic E-state index is 0.164. The van der Waals surface area contributed by atoms with Gasteiger partial charge in [0, 0.05) is 6.10 Å². The Bertz CT molecular complexity index is 715. The predicted molar refractivity (Wildman–Crippen MR) is 175 cm³/mol. The number of hydrogen-bond donors (Lipinski definition) is 0. The van der Waals surface area contributed by atoms with Gasteiger partial charge in [0.05, 0.1) is 12.2 Å². The summed E-state index contributed by atoms with van der Waals surface area (Å²) in [6.45, 7) is 12.7. The molecule has 0 saturated heterocycles. The Morgan fingerprint density at radius 1 is 0.462 bits per heavy atom. The van der Waals surface area contributed by atoms with Gasteiger partial charge >= 0.3 is 0 Å². The summed E-state index contributed by atoms with van der Waals surface area (Å²) in [7, 11) is -4.31. The van der Waals surface area contributed by atoms with Crippen molar-refractivity contribution in [1.29, 1.82) is 0 Å². The Balaban J connectivity index is 1.37. The lowest BCUT2D eigenvalue weighted by Crippen LogP contribution is -2.46. The molecule has 39 heavy (non-hydrogen) atoms. The zero-order valence-corrected chi connectivity index (χ0v) is 28.6. The Morgan fingerprint density at radius 3 is 1.26 bits per heavy atom. The maximum absolute atomic E-state index is 7.08. The van der Waals surface area contributed by atoms with Crippen LogP contribution in [0.5, 0.6) is 0 Å². The topological polar surface area (TPSA) is 27.7 Å². The van der Waals surface area contributed by atoms with Crippen LogP contribution in [0.3, 0.4) is 0 Å². The monoisotopic (exact) mass is 588 g/mol. The van der Waals surface area contributed by atoms with Gasteiger partial charge in [0.1, 0.15) is 0 Å². The fourth-order valence-corrected chi connectivity index (χ4v) is 14.9. The van der Waals surface area contributed by atoms with Gasteiger partial charge in [0.25, 0.3) is 0 Å². The molecule has 0 aromatic heterocycles. The van der Waals surface area contributed by atoms with E-state index >= 15 is 0 Å². The highest BCUT2D eigenvalue weighted by molar-refractivity contribution is 6.58. The summed E-state index contributed by atoms with van der Waals surface area (Å²) in [6, 6.07) is 3.81. The molecule has 4 saturated carbocycles. The van der Waals surface area contributed by atoms with Gasteiger partial charge < -0.3 is 13.3 Å². The molecule has 0 aromatic rings. The van der Waals surface area contributed by atoms with E-state index in [1.54, 1.807) is 0 Å². The zero-order valence-electron chi connectivity index (χ0n) is 25.1. The fraction of sp³-hybridized carbons (Fsp3) is 0.818. The van der Waals surface area contributed by atoms with Crippen LogP contribution in [0, 0.1) is 17.8 Å². The van der Waals surface area contributed by atoms with Crippen molar-refractivity contribution >= 4 is 27.1 Å². The Labute approximate surface area is 246 Å². The van der Waals surface area contributed by atoms with Crippen LogP contribution in [-0.2, 0) is 13.3 Å². The van der Waals surface area contributed by atoms with Gasteiger partial charge in [0.15, 0.2) is 0 Å². The van der Waals surface area contributed by atoms with E-state index in [9.17, 15) is 0 Å². The molecule has 4 aliphatic carbocycles. The largest absolute Gasteiger partial charge is 0.413 e. The highest BCUT2D eigenvalue weighted by Crippen LogP contribution is 2.35. The van der Waals surface area contributed by atoms with Crippen molar-refractivity contribution in [3.05, 3.63) is 36.8 Å². The molecule has 0 heterocycles. The van der Waals surface area contributed by atoms with Gasteiger partial charge in [-0.3, -0.25) is 0 Å². The van der Waals surface area contributed by atoms with E-state index in [0.29, 0.717) is 6.10 Å². The molecule has 6 heteroatoms. The van der Waals surface area contributed by atoms with Gasteiger partial charge in [-0.25, -0.2) is 0 Å². The summed E-state index contributed by atoms with van der Waals surface area (Å²) in [4.78, 5) is 0. The first-order valence-corrected chi connectivity index (χ1v) is 22.9. The molecule has 0 aliphatic heterocycles. The normalized spacial score (nSPS) is 30.3. The van der Waals surface area contributed by atoms with Crippen molar-refractivity contribution in [2.45, 2.75) is 152 Å². The van der Waals surface area contributed by atoms with Gasteiger partial charge in [-0.1, -0.05) is 113 Å². The smallest absolute Gasteiger partial charge is 0.201 e. The van der Waals surface area contributed by atoms with Crippen molar-refractivity contribution in [1.82, 2.24) is 0 Å². The third-order valence-corrected chi connectivity index (χ3v) is 17.5. The molecule has 0 aromatic carbocycles. The zero-order chi connectivity index (χ0) is 27.3. The highest BCUT2D eigenvalue weighted by atomic mass is 28.3. The van der Waals surface area contributed by atoms with Crippen LogP contribution in [0.2, 0.25) is 18.1 Å². The highest BCUT2D eigenvalue weighted by Gasteiger charge is 2.37. The van der Waals surface area contributed by atoms with Crippen LogP contribution in [0.4, 0.5) is 0 Å². The second-order valence-corrected chi connectivity index (χ2v) is 20.3. The summed E-state index contributed by atoms with van der Waals surface area (Å²) < 4.78 is 21.0. The first-order chi connectivity index (χ1) is 19.2. The molecule has 222 valence electrons. The molecule has 0 spiro atoms. The maximum Gasteiger partial charge on any atom is 0.201 e. The van der Waals surface area contributed by atoms with E-state index < -0.39 is 27.1 Å². The summed E-state index contributed by atoms with van der Waals surface area (Å²) in [5, 5.41) is 0. The average Bonchev–Trinajstić information content (AvgIpc) is 2.98. The molecule has 0 bridgehead atoms. The molecule has 4 fully saturated rings. The molecular formula is C33H60O3Si3. The maximum atomic E-state index is 7.08. The summed E-state index contributed by atoms with van der Waals surface area (Å²) in [5.41, 5.74) is 6.64. The third-order valence-electron chi connectivity index (χ3n) is 10.4. The van der Waals surface area contributed by atoms with Crippen LogP contribution < -0.4 is 0 Å². The minimum Gasteiger partial charge on any atom is -0.413 e. The van der Waals surface area contributed by atoms with Crippen molar-refractivity contribution < 1.29 is 13.3 Å². The van der Waals surface area contributed by atoms with Crippen LogP contribution >= 0.6 is 0 Å². The standard InChI is InChI=1S/C33H60O3Si3/c1-4-37(25-28-16-10-7-11-17-28)34-31-22-23-32(35-38(5-2)26-29-18-12-8-13-19-29)33(24-31)36-39(6-3)27-30-20-14-9-15-21-30/h4-6,28-33,37-39H,1-3,7-27H2. The van der Waals surface area contributed by atoms with E-state index in [0.717, 1.165) is 37.0 Å². The number of rotatable bonds is 15. The van der Waals surface area contributed by atoms with E-state index in [1.165, 1.54) is 114 Å². The molecule has 0 radical (unpaired) electrons. The second-order valence-electron chi connectivity index (χ2n) is 13.5. The fourth-order valence-electron chi connectivity index (χ4n) is 8.06. The van der Waals surface area contributed by atoms with Gasteiger partial charge in [0.2, 0.25) is 27.1 Å². The van der Waals surface area contributed by atoms with Crippen LogP contribution in [-0.4, -0.2) is 45.4 Å². The summed E-state index contributed by atoms with van der Waals surface area (Å²) >= 11 is 0. The molecule has 4 aliphatic rings. The molecule has 6 atom stereocenters. The van der Waals surface area contributed by atoms with E-state index in [-0.39, 0.29) is 12.2 Å². The first kappa shape index (κ1) is 31.7. The Morgan fingerprint density at radius 2 is 0.846 bits per heavy atom. The van der Waals surface area contributed by atoms with Gasteiger partial charge in [-0.15, -0.1) is 19.7 Å². The first-order valence-electron chi connectivity index (χ1n) is 17.0. The van der Waals surface area contributed by atoms with Crippen LogP contribution in [0.25, 0.3) is 0 Å². The van der Waals surface area contributed by atoms with Gasteiger partial charge in [-0.05, 0) is 55.1 Å². The molecule has 3 nitrogen and oxygen atoms in total. The van der Waals surface area contributed by atoms with Crippen LogP contribution in [0.1, 0.15) is 116 Å². The average molecular weight is 589 g/mol. The lowest BCUT2D eigenvalue weighted by Gasteiger charge is -2.41. The Kier molecular flexibility index (Phi) is 14.3. The SMILES string of the molecule is C=C[SiH](CC1CCCCC1)OC1CCC(O[SiH](C=C)CC2CCCCC2)C(O[SiH](C=C)CC2CCCCC2)C1. The van der Waals surface area contributed by atoms with E-state index in [2.05, 4.69) is 36.8 Å². The summed E-state index contributed by atoms with van der Waals surface area (Å²) in [5.74, 6) is 2.57. The minimum atomic E-state index is -1.48. The van der Waals surface area contributed by atoms with Crippen molar-refractivity contribution in [2.75, 3.05) is 0 Å². The molecular weight excluding hydrogens is 529 g/mol. The molecule has 0 amide bonds. The van der Waals surface area contributed by atoms with Crippen LogP contribution in [0.15, 0.2) is 36.8 Å². The number of hydrogen-bond acceptors (Lipinski definition) is 3. The summed E-state index contributed by atoms with van der Waals surface area (Å²) in [6.07, 6.45) is 24.9. The second kappa shape index (κ2) is 17.6. The third kappa shape index (κ3) is 10.8. The molecule has 4 rings (SSSR count).